The number of unbranched alkanes of at least 4 members (excludes halogenated alkanes) is 1. The fourth-order valence-electron chi connectivity index (χ4n) is 3.89. The second-order valence-corrected chi connectivity index (χ2v) is 9.28. The van der Waals surface area contributed by atoms with E-state index in [4.69, 9.17) is 4.74 Å². The number of hydrogen-bond donors (Lipinski definition) is 1. The lowest BCUT2D eigenvalue weighted by atomic mass is 9.90. The zero-order valence-corrected chi connectivity index (χ0v) is 19.4. The average molecular weight is 397 g/mol. The van der Waals surface area contributed by atoms with Gasteiger partial charge in [0.2, 0.25) is 0 Å². The van der Waals surface area contributed by atoms with E-state index in [9.17, 15) is 5.11 Å². The van der Waals surface area contributed by atoms with Gasteiger partial charge >= 0.3 is 0 Å². The first-order valence-electron chi connectivity index (χ1n) is 11.1. The SMILES string of the molecule is CC(C)=CCC/C(C)=C/CCC[C@@](C)(O)CCc1cc(C)c2c(c1)CC=C(C)O2. The van der Waals surface area contributed by atoms with Crippen LogP contribution in [0, 0.1) is 6.92 Å². The Hall–Kier alpha value is -1.80. The Bertz CT molecular complexity index is 774. The monoisotopic (exact) mass is 396 g/mol. The van der Waals surface area contributed by atoms with Gasteiger partial charge in [-0.05, 0) is 116 Å². The van der Waals surface area contributed by atoms with Gasteiger partial charge in [0.1, 0.15) is 5.75 Å². The zero-order valence-electron chi connectivity index (χ0n) is 19.4. The van der Waals surface area contributed by atoms with Crippen LogP contribution in [0.2, 0.25) is 0 Å². The highest BCUT2D eigenvalue weighted by atomic mass is 16.5. The Morgan fingerprint density at radius 1 is 1.10 bits per heavy atom. The molecule has 1 N–H and O–H groups in total. The molecule has 0 unspecified atom stereocenters. The lowest BCUT2D eigenvalue weighted by molar-refractivity contribution is 0.0405. The summed E-state index contributed by atoms with van der Waals surface area (Å²) in [6.45, 7) is 12.6. The number of ether oxygens (including phenoxy) is 1. The Morgan fingerprint density at radius 3 is 2.59 bits per heavy atom. The summed E-state index contributed by atoms with van der Waals surface area (Å²) in [6.07, 6.45) is 14.6. The highest BCUT2D eigenvalue weighted by Gasteiger charge is 2.20. The molecule has 0 saturated carbocycles. The van der Waals surface area contributed by atoms with E-state index in [0.29, 0.717) is 0 Å². The van der Waals surface area contributed by atoms with Gasteiger partial charge in [-0.1, -0.05) is 35.4 Å². The minimum Gasteiger partial charge on any atom is -0.462 e. The number of benzene rings is 1. The molecule has 0 spiro atoms. The van der Waals surface area contributed by atoms with Crippen LogP contribution in [0.5, 0.6) is 5.75 Å². The molecule has 1 heterocycles. The van der Waals surface area contributed by atoms with Crippen LogP contribution >= 0.6 is 0 Å². The highest BCUT2D eigenvalue weighted by Crippen LogP contribution is 2.32. The van der Waals surface area contributed by atoms with Gasteiger partial charge < -0.3 is 9.84 Å². The molecule has 0 saturated heterocycles. The Kier molecular flexibility index (Phi) is 8.77. The van der Waals surface area contributed by atoms with Gasteiger partial charge in [-0.3, -0.25) is 0 Å². The van der Waals surface area contributed by atoms with Crippen LogP contribution < -0.4 is 4.74 Å². The minimum absolute atomic E-state index is 0.611. The van der Waals surface area contributed by atoms with E-state index < -0.39 is 5.60 Å². The van der Waals surface area contributed by atoms with Crippen molar-refractivity contribution in [3.05, 3.63) is 64.0 Å². The van der Waals surface area contributed by atoms with Gasteiger partial charge in [0.25, 0.3) is 0 Å². The molecule has 0 aromatic heterocycles. The molecule has 1 aliphatic rings. The van der Waals surface area contributed by atoms with Crippen LogP contribution in [0.3, 0.4) is 0 Å². The van der Waals surface area contributed by atoms with Crippen molar-refractivity contribution in [3.63, 3.8) is 0 Å². The smallest absolute Gasteiger partial charge is 0.133 e. The number of aliphatic hydroxyl groups is 1. The number of hydrogen-bond acceptors (Lipinski definition) is 2. The lowest BCUT2D eigenvalue weighted by Gasteiger charge is -2.24. The van der Waals surface area contributed by atoms with Crippen molar-refractivity contribution >= 4 is 0 Å². The van der Waals surface area contributed by atoms with Crippen LogP contribution in [0.15, 0.2) is 47.3 Å². The normalized spacial score (nSPS) is 15.8. The van der Waals surface area contributed by atoms with Crippen LogP contribution in [0.25, 0.3) is 0 Å². The second kappa shape index (κ2) is 10.8. The van der Waals surface area contributed by atoms with Crippen LogP contribution in [-0.2, 0) is 12.8 Å². The van der Waals surface area contributed by atoms with Gasteiger partial charge in [-0.25, -0.2) is 0 Å². The molecular weight excluding hydrogens is 356 g/mol. The molecule has 1 aromatic rings. The first-order valence-corrected chi connectivity index (χ1v) is 11.1. The number of fused-ring (bicyclic) bond motifs is 1. The summed E-state index contributed by atoms with van der Waals surface area (Å²) in [5.74, 6) is 2.00. The van der Waals surface area contributed by atoms with Crippen molar-refractivity contribution in [1.82, 2.24) is 0 Å². The first kappa shape index (κ1) is 23.5. The summed E-state index contributed by atoms with van der Waals surface area (Å²) >= 11 is 0. The zero-order chi connectivity index (χ0) is 21.4. The fraction of sp³-hybridized carbons (Fsp3) is 0.556. The average Bonchev–Trinajstić information content (AvgIpc) is 2.64. The molecule has 2 rings (SSSR count). The Balaban J connectivity index is 1.79. The minimum atomic E-state index is -0.611. The van der Waals surface area contributed by atoms with E-state index in [-0.39, 0.29) is 0 Å². The third kappa shape index (κ3) is 8.22. The predicted octanol–water partition coefficient (Wildman–Crippen LogP) is 7.38. The number of allylic oxidation sites excluding steroid dienone is 6. The third-order valence-corrected chi connectivity index (χ3v) is 5.74. The molecular formula is C27H40O2. The molecule has 1 aliphatic heterocycles. The molecule has 2 heteroatoms. The van der Waals surface area contributed by atoms with E-state index in [1.54, 1.807) is 0 Å². The Morgan fingerprint density at radius 2 is 1.86 bits per heavy atom. The molecule has 0 bridgehead atoms. The molecule has 1 aromatic carbocycles. The highest BCUT2D eigenvalue weighted by molar-refractivity contribution is 5.47. The van der Waals surface area contributed by atoms with Crippen molar-refractivity contribution in [2.24, 2.45) is 0 Å². The maximum atomic E-state index is 10.8. The van der Waals surface area contributed by atoms with E-state index in [2.05, 4.69) is 58.1 Å². The van der Waals surface area contributed by atoms with Crippen LogP contribution in [-0.4, -0.2) is 10.7 Å². The van der Waals surface area contributed by atoms with Crippen LogP contribution in [0.1, 0.15) is 89.8 Å². The third-order valence-electron chi connectivity index (χ3n) is 5.74. The molecule has 2 nitrogen and oxygen atoms in total. The molecule has 0 amide bonds. The second-order valence-electron chi connectivity index (χ2n) is 9.28. The number of rotatable bonds is 10. The van der Waals surface area contributed by atoms with E-state index in [0.717, 1.165) is 62.9 Å². The van der Waals surface area contributed by atoms with E-state index in [1.807, 2.05) is 13.8 Å². The van der Waals surface area contributed by atoms with Crippen molar-refractivity contribution in [1.29, 1.82) is 0 Å². The fourth-order valence-corrected chi connectivity index (χ4v) is 3.89. The molecule has 160 valence electrons. The summed E-state index contributed by atoms with van der Waals surface area (Å²) in [6, 6.07) is 4.46. The van der Waals surface area contributed by atoms with Crippen molar-refractivity contribution in [2.75, 3.05) is 0 Å². The van der Waals surface area contributed by atoms with Crippen molar-refractivity contribution < 1.29 is 9.84 Å². The van der Waals surface area contributed by atoms with Gasteiger partial charge in [0, 0.05) is 0 Å². The van der Waals surface area contributed by atoms with Gasteiger partial charge in [0.15, 0.2) is 0 Å². The maximum absolute atomic E-state index is 10.8. The summed E-state index contributed by atoms with van der Waals surface area (Å²) in [7, 11) is 0. The molecule has 0 fully saturated rings. The lowest BCUT2D eigenvalue weighted by Crippen LogP contribution is -2.24. The maximum Gasteiger partial charge on any atom is 0.133 e. The topological polar surface area (TPSA) is 29.5 Å². The van der Waals surface area contributed by atoms with Gasteiger partial charge in [-0.2, -0.15) is 0 Å². The number of aryl methyl sites for hydroxylation is 2. The first-order chi connectivity index (χ1) is 13.7. The summed E-state index contributed by atoms with van der Waals surface area (Å²) < 4.78 is 5.89. The largest absolute Gasteiger partial charge is 0.462 e. The molecule has 1 atom stereocenters. The van der Waals surface area contributed by atoms with Gasteiger partial charge in [-0.15, -0.1) is 0 Å². The quantitative estimate of drug-likeness (QED) is 0.330. The van der Waals surface area contributed by atoms with Crippen molar-refractivity contribution in [3.8, 4) is 5.75 Å². The Labute approximate surface area is 178 Å². The predicted molar refractivity (Wildman–Crippen MR) is 124 cm³/mol. The van der Waals surface area contributed by atoms with E-state index in [1.165, 1.54) is 27.8 Å². The summed E-state index contributed by atoms with van der Waals surface area (Å²) in [5, 5.41) is 10.8. The summed E-state index contributed by atoms with van der Waals surface area (Å²) in [4.78, 5) is 0. The summed E-state index contributed by atoms with van der Waals surface area (Å²) in [5.41, 5.74) is 5.99. The van der Waals surface area contributed by atoms with Crippen molar-refractivity contribution in [2.45, 2.75) is 98.5 Å². The standard InChI is InChI=1S/C27H40O2/c1-20(2)10-9-12-21(3)11-7-8-16-27(6,28)17-15-24-18-22(4)26-25(19-24)14-13-23(5)29-26/h10-11,13,18-19,28H,7-9,12,14-17H2,1-6H3/b21-11+/t27-/m1/s1. The molecule has 0 radical (unpaired) electrons. The van der Waals surface area contributed by atoms with E-state index >= 15 is 0 Å². The molecule has 0 aliphatic carbocycles. The van der Waals surface area contributed by atoms with Gasteiger partial charge in [0.05, 0.1) is 11.4 Å². The van der Waals surface area contributed by atoms with Crippen LogP contribution in [0.4, 0.5) is 0 Å². The molecule has 29 heavy (non-hydrogen) atoms.